The summed E-state index contributed by atoms with van der Waals surface area (Å²) in [6.07, 6.45) is 0. The van der Waals surface area contributed by atoms with E-state index >= 15 is 0 Å². The minimum atomic E-state index is -0.465. The van der Waals surface area contributed by atoms with Crippen molar-refractivity contribution < 1.29 is 9.34 Å². The van der Waals surface area contributed by atoms with E-state index in [1.54, 1.807) is 28.8 Å². The van der Waals surface area contributed by atoms with E-state index in [-0.39, 0.29) is 11.7 Å². The van der Waals surface area contributed by atoms with Gasteiger partial charge in [0.05, 0.1) is 22.0 Å². The van der Waals surface area contributed by atoms with Gasteiger partial charge in [0, 0.05) is 22.7 Å². The van der Waals surface area contributed by atoms with Crippen LogP contribution in [0.4, 0.5) is 22.1 Å². The lowest BCUT2D eigenvalue weighted by atomic mass is 10.2. The van der Waals surface area contributed by atoms with Gasteiger partial charge in [-0.3, -0.25) is 10.1 Å². The number of rotatable bonds is 6. The standard InChI is InChI=1S/C24H16ClN7O3S/c1-15-22(29-27-19-11-13-20(14-12-19)32(33)34)36-24(26-18-5-3-2-4-6-18)31(15)23-30-28-21(35-23)16-7-9-17(25)10-8-16/h2-14H,1H3. The molecule has 12 heteroatoms. The zero-order valence-electron chi connectivity index (χ0n) is 18.6. The van der Waals surface area contributed by atoms with Gasteiger partial charge in [-0.2, -0.15) is 0 Å². The molecule has 0 N–H and O–H groups in total. The molecular weight excluding hydrogens is 502 g/mol. The molecule has 0 radical (unpaired) electrons. The van der Waals surface area contributed by atoms with Gasteiger partial charge >= 0.3 is 6.01 Å². The monoisotopic (exact) mass is 517 g/mol. The van der Waals surface area contributed by atoms with Crippen LogP contribution in [0.2, 0.25) is 5.02 Å². The van der Waals surface area contributed by atoms with Crippen LogP contribution < -0.4 is 4.80 Å². The first-order valence-corrected chi connectivity index (χ1v) is 11.8. The minimum absolute atomic E-state index is 0.0177. The van der Waals surface area contributed by atoms with E-state index in [1.807, 2.05) is 37.3 Å². The van der Waals surface area contributed by atoms with Crippen LogP contribution in [0.1, 0.15) is 5.69 Å². The van der Waals surface area contributed by atoms with E-state index in [0.29, 0.717) is 32.1 Å². The molecule has 0 spiro atoms. The van der Waals surface area contributed by atoms with Gasteiger partial charge in [-0.15, -0.1) is 15.3 Å². The van der Waals surface area contributed by atoms with Gasteiger partial charge < -0.3 is 4.42 Å². The summed E-state index contributed by atoms with van der Waals surface area (Å²) in [6.45, 7) is 1.84. The van der Waals surface area contributed by atoms with Gasteiger partial charge in [-0.25, -0.2) is 9.56 Å². The number of thiazole rings is 1. The Kier molecular flexibility index (Phi) is 6.48. The first-order chi connectivity index (χ1) is 17.5. The molecule has 2 aromatic heterocycles. The van der Waals surface area contributed by atoms with E-state index in [1.165, 1.54) is 35.6 Å². The summed E-state index contributed by atoms with van der Waals surface area (Å²) in [5.74, 6) is 0.333. The molecule has 0 bridgehead atoms. The number of azo groups is 1. The molecule has 10 nitrogen and oxygen atoms in total. The summed E-state index contributed by atoms with van der Waals surface area (Å²) >= 11 is 7.28. The molecule has 178 valence electrons. The van der Waals surface area contributed by atoms with Crippen LogP contribution >= 0.6 is 22.9 Å². The maximum atomic E-state index is 10.9. The Labute approximate surface area is 213 Å². The Balaban J connectivity index is 1.57. The number of nitro benzene ring substituents is 1. The zero-order valence-corrected chi connectivity index (χ0v) is 20.2. The number of para-hydroxylation sites is 1. The first kappa shape index (κ1) is 23.3. The lowest BCUT2D eigenvalue weighted by Gasteiger charge is -2.00. The molecule has 5 aromatic rings. The third-order valence-electron chi connectivity index (χ3n) is 5.02. The summed E-state index contributed by atoms with van der Waals surface area (Å²) in [5.41, 5.74) is 2.61. The second-order valence-corrected chi connectivity index (χ2v) is 8.82. The number of benzene rings is 3. The van der Waals surface area contributed by atoms with Crippen molar-refractivity contribution in [3.05, 3.63) is 104 Å². The molecule has 0 saturated carbocycles. The Morgan fingerprint density at radius 3 is 2.36 bits per heavy atom. The largest absolute Gasteiger partial charge is 0.403 e. The number of hydrogen-bond acceptors (Lipinski definition) is 9. The van der Waals surface area contributed by atoms with E-state index < -0.39 is 4.92 Å². The van der Waals surface area contributed by atoms with Crippen molar-refractivity contribution in [1.29, 1.82) is 0 Å². The highest BCUT2D eigenvalue weighted by Crippen LogP contribution is 2.29. The number of aromatic nitrogens is 3. The van der Waals surface area contributed by atoms with Crippen LogP contribution in [0.25, 0.3) is 17.5 Å². The Morgan fingerprint density at radius 2 is 1.67 bits per heavy atom. The van der Waals surface area contributed by atoms with Crippen LogP contribution in [0.5, 0.6) is 0 Å². The molecule has 0 fully saturated rings. The second-order valence-electron chi connectivity index (χ2n) is 7.43. The van der Waals surface area contributed by atoms with Crippen molar-refractivity contribution in [2.45, 2.75) is 6.92 Å². The van der Waals surface area contributed by atoms with Crippen molar-refractivity contribution in [2.75, 3.05) is 0 Å². The van der Waals surface area contributed by atoms with Gasteiger partial charge in [0.15, 0.2) is 5.00 Å². The summed E-state index contributed by atoms with van der Waals surface area (Å²) in [7, 11) is 0. The van der Waals surface area contributed by atoms with E-state index in [4.69, 9.17) is 21.0 Å². The summed E-state index contributed by atoms with van der Waals surface area (Å²) in [5, 5.41) is 29.1. The van der Waals surface area contributed by atoms with Crippen molar-refractivity contribution in [3.8, 4) is 17.5 Å². The molecule has 0 aliphatic carbocycles. The maximum absolute atomic E-state index is 10.9. The van der Waals surface area contributed by atoms with Gasteiger partial charge in [0.1, 0.15) is 0 Å². The lowest BCUT2D eigenvalue weighted by molar-refractivity contribution is -0.384. The smallest absolute Gasteiger partial charge is 0.329 e. The quantitative estimate of drug-likeness (QED) is 0.135. The number of non-ortho nitro benzene ring substituents is 1. The van der Waals surface area contributed by atoms with Gasteiger partial charge in [-0.1, -0.05) is 46.2 Å². The van der Waals surface area contributed by atoms with Gasteiger partial charge in [0.2, 0.25) is 10.7 Å². The molecule has 36 heavy (non-hydrogen) atoms. The number of hydrogen-bond donors (Lipinski definition) is 0. The van der Waals surface area contributed by atoms with Crippen molar-refractivity contribution in [3.63, 3.8) is 0 Å². The third kappa shape index (κ3) is 4.97. The fourth-order valence-electron chi connectivity index (χ4n) is 3.21. The van der Waals surface area contributed by atoms with Crippen molar-refractivity contribution >= 4 is 45.0 Å². The predicted molar refractivity (Wildman–Crippen MR) is 136 cm³/mol. The Hall–Kier alpha value is -4.48. The normalized spacial score (nSPS) is 11.9. The third-order valence-corrected chi connectivity index (χ3v) is 6.30. The molecule has 0 aliphatic rings. The van der Waals surface area contributed by atoms with Crippen LogP contribution in [-0.2, 0) is 0 Å². The van der Waals surface area contributed by atoms with Crippen LogP contribution in [-0.4, -0.2) is 19.7 Å². The average molecular weight is 518 g/mol. The SMILES string of the molecule is Cc1c(N=Nc2ccc([N+](=O)[O-])cc2)sc(=Nc2ccccc2)n1-c1nnc(-c2ccc(Cl)cc2)o1. The molecule has 0 saturated heterocycles. The Bertz CT molecular complexity index is 1620. The zero-order chi connectivity index (χ0) is 25.1. The first-order valence-electron chi connectivity index (χ1n) is 10.6. The van der Waals surface area contributed by atoms with Gasteiger partial charge in [0.25, 0.3) is 5.69 Å². The topological polar surface area (TPSA) is 124 Å². The van der Waals surface area contributed by atoms with E-state index in [0.717, 1.165) is 11.3 Å². The van der Waals surface area contributed by atoms with Crippen LogP contribution in [0, 0.1) is 17.0 Å². The highest BCUT2D eigenvalue weighted by molar-refractivity contribution is 7.13. The van der Waals surface area contributed by atoms with Crippen LogP contribution in [0.15, 0.2) is 98.5 Å². The molecular formula is C24H16ClN7O3S. The summed E-state index contributed by atoms with van der Waals surface area (Å²) in [6, 6.07) is 22.6. The van der Waals surface area contributed by atoms with E-state index in [2.05, 4.69) is 20.4 Å². The maximum Gasteiger partial charge on any atom is 0.329 e. The number of nitro groups is 1. The van der Waals surface area contributed by atoms with Crippen LogP contribution in [0.3, 0.4) is 0 Å². The number of nitrogens with zero attached hydrogens (tertiary/aromatic N) is 7. The molecule has 0 unspecified atom stereocenters. The second kappa shape index (κ2) is 10.0. The highest BCUT2D eigenvalue weighted by Gasteiger charge is 2.18. The summed E-state index contributed by atoms with van der Waals surface area (Å²) < 4.78 is 7.69. The van der Waals surface area contributed by atoms with Crippen molar-refractivity contribution in [1.82, 2.24) is 14.8 Å². The highest BCUT2D eigenvalue weighted by atomic mass is 35.5. The lowest BCUT2D eigenvalue weighted by Crippen LogP contribution is -2.14. The van der Waals surface area contributed by atoms with E-state index in [9.17, 15) is 10.1 Å². The fourth-order valence-corrected chi connectivity index (χ4v) is 4.28. The number of halogens is 1. The molecule has 2 heterocycles. The molecule has 0 atom stereocenters. The summed E-state index contributed by atoms with van der Waals surface area (Å²) in [4.78, 5) is 15.7. The molecule has 5 rings (SSSR count). The molecule has 0 aliphatic heterocycles. The Morgan fingerprint density at radius 1 is 0.944 bits per heavy atom. The fraction of sp³-hybridized carbons (Fsp3) is 0.0417. The van der Waals surface area contributed by atoms with Gasteiger partial charge in [-0.05, 0) is 55.5 Å². The van der Waals surface area contributed by atoms with Crippen molar-refractivity contribution in [2.24, 2.45) is 15.2 Å². The molecule has 0 amide bonds. The molecule has 3 aromatic carbocycles. The average Bonchev–Trinajstić information content (AvgIpc) is 3.48. The predicted octanol–water partition coefficient (Wildman–Crippen LogP) is 7.11. The minimum Gasteiger partial charge on any atom is -0.403 e.